The van der Waals surface area contributed by atoms with Crippen molar-refractivity contribution in [3.05, 3.63) is 53.2 Å². The zero-order valence-electron chi connectivity index (χ0n) is 12.5. The van der Waals surface area contributed by atoms with Gasteiger partial charge in [-0.3, -0.25) is 14.5 Å². The maximum Gasteiger partial charge on any atom is 0.246 e. The van der Waals surface area contributed by atoms with Crippen molar-refractivity contribution >= 4 is 34.8 Å². The number of carbonyl (C=O) groups is 2. The lowest BCUT2D eigenvalue weighted by molar-refractivity contribution is -0.125. The molecule has 0 bridgehead atoms. The average Bonchev–Trinajstić information content (AvgIpc) is 3.05. The van der Waals surface area contributed by atoms with Crippen molar-refractivity contribution in [2.24, 2.45) is 5.41 Å². The summed E-state index contributed by atoms with van der Waals surface area (Å²) in [5, 5.41) is 0.546. The van der Waals surface area contributed by atoms with Crippen LogP contribution < -0.4 is 4.90 Å². The molecule has 1 aromatic carbocycles. The van der Waals surface area contributed by atoms with Crippen molar-refractivity contribution < 1.29 is 9.59 Å². The molecule has 0 radical (unpaired) electrons. The third kappa shape index (κ3) is 2.01. The fourth-order valence-corrected chi connectivity index (χ4v) is 3.88. The van der Waals surface area contributed by atoms with Crippen molar-refractivity contribution in [1.29, 1.82) is 0 Å². The van der Waals surface area contributed by atoms with Crippen LogP contribution in [0.25, 0.3) is 0 Å². The van der Waals surface area contributed by atoms with E-state index in [1.165, 1.54) is 0 Å². The first-order valence-corrected chi connectivity index (χ1v) is 8.11. The van der Waals surface area contributed by atoms with Gasteiger partial charge in [0.2, 0.25) is 5.91 Å². The highest BCUT2D eigenvalue weighted by atomic mass is 35.5. The quantitative estimate of drug-likeness (QED) is 0.739. The predicted molar refractivity (Wildman–Crippen MR) is 88.1 cm³/mol. The number of hydrogen-bond acceptors (Lipinski definition) is 3. The Morgan fingerprint density at radius 1 is 1.09 bits per heavy atom. The molecule has 23 heavy (non-hydrogen) atoms. The molecule has 1 aliphatic carbocycles. The Hall–Kier alpha value is -2.20. The number of benzene rings is 1. The lowest BCUT2D eigenvalue weighted by atomic mass is 9.75. The normalized spacial score (nSPS) is 19.3. The van der Waals surface area contributed by atoms with E-state index in [1.54, 1.807) is 41.4 Å². The molecule has 0 saturated heterocycles. The Morgan fingerprint density at radius 3 is 2.61 bits per heavy atom. The minimum atomic E-state index is -0.932. The monoisotopic (exact) mass is 326 g/mol. The zero-order valence-corrected chi connectivity index (χ0v) is 13.2. The van der Waals surface area contributed by atoms with Crippen LogP contribution in [0.2, 0.25) is 5.02 Å². The van der Waals surface area contributed by atoms with Gasteiger partial charge in [0.1, 0.15) is 5.41 Å². The summed E-state index contributed by atoms with van der Waals surface area (Å²) in [4.78, 5) is 32.1. The Morgan fingerprint density at radius 2 is 1.87 bits per heavy atom. The summed E-state index contributed by atoms with van der Waals surface area (Å²) in [5.74, 6) is 0.150. The summed E-state index contributed by atoms with van der Waals surface area (Å²) in [6.07, 6.45) is 4.61. The molecule has 1 amide bonds. The molecule has 1 spiro atoms. The van der Waals surface area contributed by atoms with Crippen molar-refractivity contribution in [1.82, 2.24) is 4.98 Å². The smallest absolute Gasteiger partial charge is 0.246 e. The van der Waals surface area contributed by atoms with Gasteiger partial charge in [-0.25, -0.2) is 4.98 Å². The Labute approximate surface area is 139 Å². The number of fused-ring (bicyclic) bond motifs is 1. The molecule has 1 aromatic heterocycles. The molecule has 4 rings (SSSR count). The first-order chi connectivity index (χ1) is 11.1. The van der Waals surface area contributed by atoms with Crippen LogP contribution >= 0.6 is 11.6 Å². The largest absolute Gasteiger partial charge is 0.293 e. The summed E-state index contributed by atoms with van der Waals surface area (Å²) >= 11 is 6.09. The number of Topliss-reactive ketones (excluding diaryl/α,β-unsaturated/α-hetero) is 1. The standard InChI is InChI=1S/C18H15ClN2O2/c19-12-5-3-6-13(11-12)21-16-14(7-4-10-20-16)15(22)18(17(21)23)8-1-2-9-18/h3-7,10-11H,1-2,8-9H2. The fraction of sp³-hybridized carbons (Fsp3) is 0.278. The molecule has 2 aliphatic rings. The summed E-state index contributed by atoms with van der Waals surface area (Å²) in [7, 11) is 0. The number of halogens is 1. The van der Waals surface area contributed by atoms with Gasteiger partial charge in [-0.1, -0.05) is 30.5 Å². The van der Waals surface area contributed by atoms with Crippen LogP contribution in [-0.4, -0.2) is 16.7 Å². The summed E-state index contributed by atoms with van der Waals surface area (Å²) in [5.41, 5.74) is 0.244. The Balaban J connectivity index is 1.95. The maximum absolute atomic E-state index is 13.3. The molecule has 0 unspecified atom stereocenters. The van der Waals surface area contributed by atoms with Crippen LogP contribution in [-0.2, 0) is 4.79 Å². The lowest BCUT2D eigenvalue weighted by Crippen LogP contribution is -2.50. The molecule has 116 valence electrons. The van der Waals surface area contributed by atoms with Crippen LogP contribution in [0.15, 0.2) is 42.6 Å². The molecular formula is C18H15ClN2O2. The first-order valence-electron chi connectivity index (χ1n) is 7.73. The molecule has 1 aliphatic heterocycles. The van der Waals surface area contributed by atoms with Gasteiger partial charge < -0.3 is 0 Å². The van der Waals surface area contributed by atoms with Crippen LogP contribution in [0.1, 0.15) is 36.0 Å². The van der Waals surface area contributed by atoms with E-state index >= 15 is 0 Å². The van der Waals surface area contributed by atoms with Crippen molar-refractivity contribution in [3.8, 4) is 0 Å². The van der Waals surface area contributed by atoms with Crippen LogP contribution in [0.5, 0.6) is 0 Å². The Bertz CT molecular complexity index is 812. The van der Waals surface area contributed by atoms with Crippen molar-refractivity contribution in [2.45, 2.75) is 25.7 Å². The second-order valence-electron chi connectivity index (χ2n) is 6.11. The molecule has 2 aromatic rings. The first kappa shape index (κ1) is 14.4. The molecule has 1 fully saturated rings. The van der Waals surface area contributed by atoms with Gasteiger partial charge in [0.15, 0.2) is 11.6 Å². The SMILES string of the molecule is O=C1c2cccnc2N(c2cccc(Cl)c2)C(=O)C12CCCC2. The zero-order chi connectivity index (χ0) is 16.0. The minimum absolute atomic E-state index is 0.0821. The number of pyridine rings is 1. The molecule has 2 heterocycles. The lowest BCUT2D eigenvalue weighted by Gasteiger charge is -2.38. The predicted octanol–water partition coefficient (Wildman–Crippen LogP) is 4.16. The van der Waals surface area contributed by atoms with E-state index in [9.17, 15) is 9.59 Å². The summed E-state index contributed by atoms with van der Waals surface area (Å²) < 4.78 is 0. The fourth-order valence-electron chi connectivity index (χ4n) is 3.69. The second-order valence-corrected chi connectivity index (χ2v) is 6.55. The highest BCUT2D eigenvalue weighted by Crippen LogP contribution is 2.49. The van der Waals surface area contributed by atoms with Gasteiger partial charge in [0.25, 0.3) is 0 Å². The number of aromatic nitrogens is 1. The second kappa shape index (κ2) is 5.17. The molecular weight excluding hydrogens is 312 g/mol. The highest BCUT2D eigenvalue weighted by molar-refractivity contribution is 6.31. The van der Waals surface area contributed by atoms with Gasteiger partial charge in [-0.2, -0.15) is 0 Å². The van der Waals surface area contributed by atoms with E-state index in [0.29, 0.717) is 34.9 Å². The number of ketones is 1. The molecule has 0 N–H and O–H groups in total. The maximum atomic E-state index is 13.3. The number of nitrogens with zero attached hydrogens (tertiary/aromatic N) is 2. The number of anilines is 2. The third-order valence-corrected chi connectivity index (χ3v) is 5.05. The van der Waals surface area contributed by atoms with Crippen LogP contribution in [0, 0.1) is 5.41 Å². The van der Waals surface area contributed by atoms with Gasteiger partial charge in [-0.15, -0.1) is 0 Å². The molecule has 0 atom stereocenters. The van der Waals surface area contributed by atoms with E-state index in [0.717, 1.165) is 12.8 Å². The van der Waals surface area contributed by atoms with Gasteiger partial charge in [0, 0.05) is 11.2 Å². The molecule has 5 heteroatoms. The highest BCUT2D eigenvalue weighted by Gasteiger charge is 2.54. The van der Waals surface area contributed by atoms with E-state index in [2.05, 4.69) is 4.98 Å². The van der Waals surface area contributed by atoms with E-state index < -0.39 is 5.41 Å². The van der Waals surface area contributed by atoms with E-state index in [4.69, 9.17) is 11.6 Å². The molecule has 1 saturated carbocycles. The van der Waals surface area contributed by atoms with Crippen molar-refractivity contribution in [2.75, 3.05) is 4.90 Å². The number of carbonyl (C=O) groups excluding carboxylic acids is 2. The van der Waals surface area contributed by atoms with Crippen molar-refractivity contribution in [3.63, 3.8) is 0 Å². The van der Waals surface area contributed by atoms with Crippen LogP contribution in [0.3, 0.4) is 0 Å². The van der Waals surface area contributed by atoms with Gasteiger partial charge >= 0.3 is 0 Å². The third-order valence-electron chi connectivity index (χ3n) is 4.81. The van der Waals surface area contributed by atoms with Crippen LogP contribution in [0.4, 0.5) is 11.5 Å². The van der Waals surface area contributed by atoms with Gasteiger partial charge in [0.05, 0.1) is 11.3 Å². The number of rotatable bonds is 1. The molecule has 4 nitrogen and oxygen atoms in total. The van der Waals surface area contributed by atoms with Gasteiger partial charge in [-0.05, 0) is 43.2 Å². The van der Waals surface area contributed by atoms with E-state index in [-0.39, 0.29) is 11.7 Å². The minimum Gasteiger partial charge on any atom is -0.293 e. The van der Waals surface area contributed by atoms with E-state index in [1.807, 2.05) is 6.07 Å². The number of hydrogen-bond donors (Lipinski definition) is 0. The topological polar surface area (TPSA) is 50.3 Å². The Kier molecular flexibility index (Phi) is 3.23. The summed E-state index contributed by atoms with van der Waals surface area (Å²) in [6.45, 7) is 0. The average molecular weight is 327 g/mol. The summed E-state index contributed by atoms with van der Waals surface area (Å²) in [6, 6.07) is 10.6. The number of amides is 1.